The average molecular weight is 549 g/mol. The van der Waals surface area contributed by atoms with Gasteiger partial charge in [0.2, 0.25) is 21.8 Å². The second-order valence-corrected chi connectivity index (χ2v) is 11.6. The Hall–Kier alpha value is -3.69. The van der Waals surface area contributed by atoms with Crippen molar-refractivity contribution in [2.45, 2.75) is 50.0 Å². The Morgan fingerprint density at radius 3 is 2.10 bits per heavy atom. The topological polar surface area (TPSA) is 122 Å². The van der Waals surface area contributed by atoms with Gasteiger partial charge >= 0.3 is 0 Å². The van der Waals surface area contributed by atoms with Crippen LogP contribution in [0.1, 0.15) is 56.2 Å². The van der Waals surface area contributed by atoms with E-state index >= 15 is 0 Å². The van der Waals surface area contributed by atoms with Crippen molar-refractivity contribution in [1.29, 1.82) is 0 Å². The molecule has 39 heavy (non-hydrogen) atoms. The maximum Gasteiger partial charge on any atom is 0.243 e. The Labute approximate surface area is 230 Å². The van der Waals surface area contributed by atoms with Gasteiger partial charge in [-0.1, -0.05) is 67.6 Å². The molecule has 1 heterocycles. The summed E-state index contributed by atoms with van der Waals surface area (Å²) >= 11 is 0. The number of nitrogens with zero attached hydrogens (tertiary/aromatic N) is 1. The van der Waals surface area contributed by atoms with Crippen LogP contribution in [0.2, 0.25) is 0 Å². The smallest absolute Gasteiger partial charge is 0.243 e. The third kappa shape index (κ3) is 6.85. The minimum atomic E-state index is -3.99. The van der Waals surface area contributed by atoms with Crippen LogP contribution in [0.5, 0.6) is 0 Å². The fourth-order valence-electron chi connectivity index (χ4n) is 5.07. The number of nitrogens with one attached hydrogen (secondary N) is 2. The van der Waals surface area contributed by atoms with Crippen LogP contribution in [0.4, 0.5) is 11.4 Å². The Morgan fingerprint density at radius 2 is 1.54 bits per heavy atom. The number of hydrogen-bond acceptors (Lipinski definition) is 5. The number of rotatable bonds is 10. The fraction of sp³-hybridized carbons (Fsp3) is 0.333. The molecule has 0 saturated carbocycles. The predicted molar refractivity (Wildman–Crippen MR) is 154 cm³/mol. The molecule has 4 N–H and O–H groups in total. The number of amides is 2. The van der Waals surface area contributed by atoms with E-state index in [1.165, 1.54) is 6.07 Å². The van der Waals surface area contributed by atoms with Crippen LogP contribution in [-0.4, -0.2) is 33.3 Å². The molecule has 9 heteroatoms. The largest absolute Gasteiger partial charge is 0.370 e. The molecule has 2 amide bonds. The number of hydrogen-bond donors (Lipinski definition) is 3. The fourth-order valence-corrected chi connectivity index (χ4v) is 6.55. The highest BCUT2D eigenvalue weighted by molar-refractivity contribution is 7.89. The molecule has 1 aliphatic heterocycles. The molecule has 3 aromatic carbocycles. The molecule has 4 rings (SSSR count). The number of carbonyl (C=O) groups excluding carboxylic acids is 2. The quantitative estimate of drug-likeness (QED) is 0.343. The molecule has 0 bridgehead atoms. The van der Waals surface area contributed by atoms with E-state index in [-0.39, 0.29) is 28.5 Å². The molecule has 1 aliphatic rings. The van der Waals surface area contributed by atoms with E-state index in [1.807, 2.05) is 72.5 Å². The van der Waals surface area contributed by atoms with Gasteiger partial charge in [0.05, 0.1) is 11.6 Å². The van der Waals surface area contributed by atoms with E-state index in [0.717, 1.165) is 11.1 Å². The zero-order valence-electron chi connectivity index (χ0n) is 22.3. The third-order valence-electron chi connectivity index (χ3n) is 7.31. The third-order valence-corrected chi connectivity index (χ3v) is 8.88. The lowest BCUT2D eigenvalue weighted by molar-refractivity contribution is -0.122. The van der Waals surface area contributed by atoms with E-state index in [1.54, 1.807) is 19.1 Å². The summed E-state index contributed by atoms with van der Waals surface area (Å²) in [4.78, 5) is 26.9. The molecule has 206 valence electrons. The summed E-state index contributed by atoms with van der Waals surface area (Å²) in [6.07, 6.45) is 1.71. The maximum absolute atomic E-state index is 13.8. The molecule has 3 aromatic rings. The van der Waals surface area contributed by atoms with Crippen LogP contribution in [0.3, 0.4) is 0 Å². The van der Waals surface area contributed by atoms with Gasteiger partial charge in [0.1, 0.15) is 4.90 Å². The van der Waals surface area contributed by atoms with E-state index < -0.39 is 16.1 Å². The highest BCUT2D eigenvalue weighted by Gasteiger charge is 2.29. The van der Waals surface area contributed by atoms with Crippen molar-refractivity contribution in [2.75, 3.05) is 23.3 Å². The summed E-state index contributed by atoms with van der Waals surface area (Å²) in [5.74, 6) is -1.12. The van der Waals surface area contributed by atoms with Crippen LogP contribution in [0, 0.1) is 5.92 Å². The Morgan fingerprint density at radius 1 is 0.949 bits per heavy atom. The first-order valence-electron chi connectivity index (χ1n) is 13.3. The van der Waals surface area contributed by atoms with Crippen molar-refractivity contribution in [3.8, 4) is 0 Å². The molecule has 0 aromatic heterocycles. The summed E-state index contributed by atoms with van der Waals surface area (Å²) in [5.41, 5.74) is 8.17. The molecule has 0 aliphatic carbocycles. The molecule has 8 nitrogen and oxygen atoms in total. The first-order chi connectivity index (χ1) is 18.7. The summed E-state index contributed by atoms with van der Waals surface area (Å²) in [5, 5.41) is 2.93. The number of sulfonamides is 1. The predicted octanol–water partition coefficient (Wildman–Crippen LogP) is 4.56. The molecular weight excluding hydrogens is 512 g/mol. The van der Waals surface area contributed by atoms with E-state index in [0.29, 0.717) is 43.7 Å². The van der Waals surface area contributed by atoms with E-state index in [2.05, 4.69) is 10.0 Å². The standard InChI is InChI=1S/C30H36N4O4S/c1-3-26(23-12-8-5-9-13-23)30(36)32-25-14-15-27(34-18-16-24(17-19-34)29(31)35)28(20-25)39(37,38)33-21(2)22-10-6-4-7-11-22/h4-15,20-21,24,26,33H,3,16-19H2,1-2H3,(H2,31,35)(H,32,36)/t21-,26+/m1/s1. The highest BCUT2D eigenvalue weighted by Crippen LogP contribution is 2.33. The summed E-state index contributed by atoms with van der Waals surface area (Å²) in [6, 6.07) is 23.4. The molecule has 0 spiro atoms. The number of carbonyl (C=O) groups is 2. The van der Waals surface area contributed by atoms with Gasteiger partial charge in [-0.2, -0.15) is 0 Å². The van der Waals surface area contributed by atoms with Crippen molar-refractivity contribution < 1.29 is 18.0 Å². The first-order valence-corrected chi connectivity index (χ1v) is 14.8. The number of piperidine rings is 1. The molecule has 1 fully saturated rings. The summed E-state index contributed by atoms with van der Waals surface area (Å²) < 4.78 is 30.3. The average Bonchev–Trinajstić information content (AvgIpc) is 2.94. The van der Waals surface area contributed by atoms with Crippen LogP contribution < -0.4 is 20.7 Å². The number of anilines is 2. The zero-order chi connectivity index (χ0) is 28.0. The number of primary amides is 1. The number of nitrogens with two attached hydrogens (primary N) is 1. The lowest BCUT2D eigenvalue weighted by Crippen LogP contribution is -2.39. The molecular formula is C30H36N4O4S. The highest BCUT2D eigenvalue weighted by atomic mass is 32.2. The molecule has 1 saturated heterocycles. The normalized spacial score (nSPS) is 15.9. The second-order valence-electron chi connectivity index (χ2n) is 9.96. The first kappa shape index (κ1) is 28.3. The monoisotopic (exact) mass is 548 g/mol. The Balaban J connectivity index is 1.65. The van der Waals surface area contributed by atoms with Gasteiger partial charge in [0.25, 0.3) is 0 Å². The SMILES string of the molecule is CC[C@H](C(=O)Nc1ccc(N2CCC(C(N)=O)CC2)c(S(=O)(=O)N[C@H](C)c2ccccc2)c1)c1ccccc1. The van der Waals surface area contributed by atoms with Crippen LogP contribution in [0.25, 0.3) is 0 Å². The molecule has 0 radical (unpaired) electrons. The van der Waals surface area contributed by atoms with Gasteiger partial charge < -0.3 is 16.0 Å². The van der Waals surface area contributed by atoms with Crippen molar-refractivity contribution in [3.63, 3.8) is 0 Å². The second kappa shape index (κ2) is 12.4. The summed E-state index contributed by atoms with van der Waals surface area (Å²) in [6.45, 7) is 4.74. The maximum atomic E-state index is 13.8. The van der Waals surface area contributed by atoms with Gasteiger partial charge in [-0.05, 0) is 55.5 Å². The number of benzene rings is 3. The summed E-state index contributed by atoms with van der Waals surface area (Å²) in [7, 11) is -3.99. The van der Waals surface area contributed by atoms with Gasteiger partial charge in [-0.25, -0.2) is 13.1 Å². The van der Waals surface area contributed by atoms with Gasteiger partial charge in [-0.3, -0.25) is 9.59 Å². The van der Waals surface area contributed by atoms with Gasteiger partial charge in [0.15, 0.2) is 0 Å². The minimum Gasteiger partial charge on any atom is -0.370 e. The van der Waals surface area contributed by atoms with Crippen molar-refractivity contribution in [2.24, 2.45) is 11.7 Å². The van der Waals surface area contributed by atoms with E-state index in [9.17, 15) is 18.0 Å². The Kier molecular flexibility index (Phi) is 9.04. The lowest BCUT2D eigenvalue weighted by Gasteiger charge is -2.33. The Bertz CT molecular complexity index is 1390. The van der Waals surface area contributed by atoms with Crippen molar-refractivity contribution >= 4 is 33.2 Å². The van der Waals surface area contributed by atoms with Gasteiger partial charge in [-0.15, -0.1) is 0 Å². The zero-order valence-corrected chi connectivity index (χ0v) is 23.2. The van der Waals surface area contributed by atoms with Gasteiger partial charge in [0, 0.05) is 30.7 Å². The molecule has 0 unspecified atom stereocenters. The van der Waals surface area contributed by atoms with Crippen LogP contribution in [0.15, 0.2) is 83.8 Å². The van der Waals surface area contributed by atoms with Crippen molar-refractivity contribution in [1.82, 2.24) is 4.72 Å². The molecule has 2 atom stereocenters. The van der Waals surface area contributed by atoms with E-state index in [4.69, 9.17) is 5.73 Å². The van der Waals surface area contributed by atoms with Crippen molar-refractivity contribution in [3.05, 3.63) is 90.0 Å². The minimum absolute atomic E-state index is 0.0772. The van der Waals surface area contributed by atoms with Crippen LogP contribution in [-0.2, 0) is 19.6 Å². The lowest BCUT2D eigenvalue weighted by atomic mass is 9.95. The van der Waals surface area contributed by atoms with Crippen LogP contribution >= 0.6 is 0 Å².